The van der Waals surface area contributed by atoms with Gasteiger partial charge in [-0.3, -0.25) is 0 Å². The Labute approximate surface area is 123 Å². The summed E-state index contributed by atoms with van der Waals surface area (Å²) in [5.41, 5.74) is 0. The normalized spacial score (nSPS) is 42.8. The van der Waals surface area contributed by atoms with Gasteiger partial charge in [0, 0.05) is 30.4 Å². The van der Waals surface area contributed by atoms with E-state index in [9.17, 15) is 8.42 Å². The molecule has 20 heavy (non-hydrogen) atoms. The summed E-state index contributed by atoms with van der Waals surface area (Å²) in [6, 6.07) is 2.13. The first kappa shape index (κ1) is 14.8. The summed E-state index contributed by atoms with van der Waals surface area (Å²) in [7, 11) is -0.641. The molecule has 116 valence electrons. The second kappa shape index (κ2) is 5.58. The third-order valence-corrected chi connectivity index (χ3v) is 7.46. The van der Waals surface area contributed by atoms with Crippen LogP contribution in [0, 0.1) is 0 Å². The molecule has 2 bridgehead atoms. The molecule has 5 heteroatoms. The Hall–Kier alpha value is -0.130. The van der Waals surface area contributed by atoms with Gasteiger partial charge in [0.15, 0.2) is 9.84 Å². The smallest absolute Gasteiger partial charge is 0.151 e. The van der Waals surface area contributed by atoms with E-state index in [4.69, 9.17) is 0 Å². The quantitative estimate of drug-likeness (QED) is 0.859. The summed E-state index contributed by atoms with van der Waals surface area (Å²) in [6.45, 7) is 0. The van der Waals surface area contributed by atoms with Crippen molar-refractivity contribution in [2.24, 2.45) is 0 Å². The molecule has 0 radical (unpaired) electrons. The molecule has 2 aliphatic heterocycles. The van der Waals surface area contributed by atoms with E-state index in [1.807, 2.05) is 0 Å². The predicted octanol–water partition coefficient (Wildman–Crippen LogP) is 1.56. The topological polar surface area (TPSA) is 49.4 Å². The standard InChI is InChI=1S/C15H28N2O2S/c1-17-12-5-3-6-13(17)10-11(9-12)16-14-7-4-8-15(14)20(2,18)19/h11-16H,3-10H2,1-2H3. The molecule has 1 saturated carbocycles. The Morgan fingerprint density at radius 1 is 1.00 bits per heavy atom. The number of rotatable bonds is 3. The Morgan fingerprint density at radius 3 is 2.20 bits per heavy atom. The second-order valence-corrected chi connectivity index (χ2v) is 9.41. The Bertz CT molecular complexity index is 437. The Morgan fingerprint density at radius 2 is 1.60 bits per heavy atom. The summed E-state index contributed by atoms with van der Waals surface area (Å²) >= 11 is 0. The van der Waals surface area contributed by atoms with Gasteiger partial charge in [-0.05, 0) is 45.6 Å². The van der Waals surface area contributed by atoms with E-state index in [0.29, 0.717) is 18.1 Å². The minimum Gasteiger partial charge on any atom is -0.310 e. The molecular weight excluding hydrogens is 272 g/mol. The molecule has 4 atom stereocenters. The van der Waals surface area contributed by atoms with Crippen LogP contribution < -0.4 is 5.32 Å². The van der Waals surface area contributed by atoms with Crippen LogP contribution in [0.2, 0.25) is 0 Å². The number of nitrogens with zero attached hydrogens (tertiary/aromatic N) is 1. The van der Waals surface area contributed by atoms with E-state index in [-0.39, 0.29) is 11.3 Å². The van der Waals surface area contributed by atoms with Gasteiger partial charge in [-0.2, -0.15) is 0 Å². The van der Waals surface area contributed by atoms with Crippen molar-refractivity contribution in [1.29, 1.82) is 0 Å². The molecule has 3 aliphatic rings. The van der Waals surface area contributed by atoms with Crippen LogP contribution >= 0.6 is 0 Å². The van der Waals surface area contributed by atoms with Crippen LogP contribution in [0.5, 0.6) is 0 Å². The number of nitrogens with one attached hydrogen (secondary N) is 1. The van der Waals surface area contributed by atoms with Crippen molar-refractivity contribution >= 4 is 9.84 Å². The van der Waals surface area contributed by atoms with Crippen LogP contribution in [0.15, 0.2) is 0 Å². The van der Waals surface area contributed by atoms with E-state index in [2.05, 4.69) is 17.3 Å². The molecule has 3 fully saturated rings. The minimum absolute atomic E-state index is 0.151. The summed E-state index contributed by atoms with van der Waals surface area (Å²) in [4.78, 5) is 2.56. The molecule has 0 aromatic heterocycles. The van der Waals surface area contributed by atoms with Crippen LogP contribution in [-0.2, 0) is 9.84 Å². The third kappa shape index (κ3) is 2.90. The van der Waals surface area contributed by atoms with Crippen molar-refractivity contribution in [1.82, 2.24) is 10.2 Å². The average molecular weight is 300 g/mol. The lowest BCUT2D eigenvalue weighted by atomic mass is 9.82. The first-order valence-electron chi connectivity index (χ1n) is 8.12. The zero-order valence-electron chi connectivity index (χ0n) is 12.7. The molecule has 2 heterocycles. The lowest BCUT2D eigenvalue weighted by Crippen LogP contribution is -2.57. The highest BCUT2D eigenvalue weighted by Crippen LogP contribution is 2.34. The molecule has 2 saturated heterocycles. The molecule has 0 aromatic carbocycles. The van der Waals surface area contributed by atoms with E-state index >= 15 is 0 Å². The lowest BCUT2D eigenvalue weighted by Gasteiger charge is -2.48. The van der Waals surface area contributed by atoms with E-state index in [0.717, 1.165) is 19.3 Å². The summed E-state index contributed by atoms with van der Waals surface area (Å²) in [5, 5.41) is 3.57. The molecule has 4 nitrogen and oxygen atoms in total. The maximum Gasteiger partial charge on any atom is 0.151 e. The minimum atomic E-state index is -2.90. The first-order chi connectivity index (χ1) is 9.45. The second-order valence-electron chi connectivity index (χ2n) is 7.14. The SMILES string of the molecule is CN1C2CCCC1CC(NC1CCCC1S(C)(=O)=O)C2. The fourth-order valence-corrected chi connectivity index (χ4v) is 6.09. The first-order valence-corrected chi connectivity index (χ1v) is 10.1. The zero-order valence-corrected chi connectivity index (χ0v) is 13.5. The molecule has 1 N–H and O–H groups in total. The maximum atomic E-state index is 11.9. The van der Waals surface area contributed by atoms with E-state index in [1.165, 1.54) is 38.4 Å². The maximum absolute atomic E-state index is 11.9. The zero-order chi connectivity index (χ0) is 14.3. The van der Waals surface area contributed by atoms with Crippen LogP contribution in [-0.4, -0.2) is 56.0 Å². The summed E-state index contributed by atoms with van der Waals surface area (Å²) in [5.74, 6) is 0. The molecule has 3 rings (SSSR count). The van der Waals surface area contributed by atoms with Gasteiger partial charge in [-0.15, -0.1) is 0 Å². The fourth-order valence-electron chi connectivity index (χ4n) is 4.68. The van der Waals surface area contributed by atoms with Gasteiger partial charge in [-0.25, -0.2) is 8.42 Å². The highest BCUT2D eigenvalue weighted by molar-refractivity contribution is 7.91. The molecule has 1 aliphatic carbocycles. The largest absolute Gasteiger partial charge is 0.310 e. The predicted molar refractivity (Wildman–Crippen MR) is 81.6 cm³/mol. The van der Waals surface area contributed by atoms with Gasteiger partial charge in [0.05, 0.1) is 5.25 Å². The number of piperidine rings is 2. The van der Waals surface area contributed by atoms with E-state index in [1.54, 1.807) is 0 Å². The average Bonchev–Trinajstić information content (AvgIpc) is 2.78. The Balaban J connectivity index is 1.64. The van der Waals surface area contributed by atoms with Crippen LogP contribution in [0.3, 0.4) is 0 Å². The highest BCUT2D eigenvalue weighted by Gasteiger charge is 2.40. The molecular formula is C15H28N2O2S. The molecule has 0 aromatic rings. The summed E-state index contributed by atoms with van der Waals surface area (Å²) < 4.78 is 23.8. The number of fused-ring (bicyclic) bond motifs is 2. The fraction of sp³-hybridized carbons (Fsp3) is 1.00. The third-order valence-electron chi connectivity index (χ3n) is 5.79. The number of hydrogen-bond donors (Lipinski definition) is 1. The van der Waals surface area contributed by atoms with Crippen LogP contribution in [0.1, 0.15) is 51.4 Å². The lowest BCUT2D eigenvalue weighted by molar-refractivity contribution is 0.0461. The monoisotopic (exact) mass is 300 g/mol. The van der Waals surface area contributed by atoms with Crippen LogP contribution in [0.25, 0.3) is 0 Å². The van der Waals surface area contributed by atoms with Crippen molar-refractivity contribution in [3.05, 3.63) is 0 Å². The van der Waals surface area contributed by atoms with E-state index < -0.39 is 9.84 Å². The van der Waals surface area contributed by atoms with Crippen molar-refractivity contribution in [3.8, 4) is 0 Å². The van der Waals surface area contributed by atoms with Crippen molar-refractivity contribution in [2.45, 2.75) is 80.8 Å². The van der Waals surface area contributed by atoms with Gasteiger partial charge < -0.3 is 10.2 Å². The van der Waals surface area contributed by atoms with Crippen molar-refractivity contribution in [2.75, 3.05) is 13.3 Å². The molecule has 0 amide bonds. The van der Waals surface area contributed by atoms with Gasteiger partial charge in [-0.1, -0.05) is 12.8 Å². The number of sulfone groups is 1. The molecule has 4 unspecified atom stereocenters. The van der Waals surface area contributed by atoms with Gasteiger partial charge in [0.1, 0.15) is 0 Å². The van der Waals surface area contributed by atoms with Gasteiger partial charge in [0.2, 0.25) is 0 Å². The van der Waals surface area contributed by atoms with Crippen LogP contribution in [0.4, 0.5) is 0 Å². The van der Waals surface area contributed by atoms with Gasteiger partial charge in [0.25, 0.3) is 0 Å². The Kier molecular flexibility index (Phi) is 4.13. The van der Waals surface area contributed by atoms with Crippen molar-refractivity contribution in [3.63, 3.8) is 0 Å². The van der Waals surface area contributed by atoms with Crippen molar-refractivity contribution < 1.29 is 8.42 Å². The molecule has 0 spiro atoms. The highest BCUT2D eigenvalue weighted by atomic mass is 32.2. The summed E-state index contributed by atoms with van der Waals surface area (Å²) in [6.07, 6.45) is 10.7. The van der Waals surface area contributed by atoms with Gasteiger partial charge >= 0.3 is 0 Å². The number of hydrogen-bond acceptors (Lipinski definition) is 4.